The summed E-state index contributed by atoms with van der Waals surface area (Å²) in [7, 11) is -4.26. The minimum atomic E-state index is -4.26. The largest absolute Gasteiger partial charge is 0.584 e. The van der Waals surface area contributed by atoms with E-state index in [2.05, 4.69) is 38.1 Å². The van der Waals surface area contributed by atoms with Gasteiger partial charge in [0.2, 0.25) is 0 Å². The minimum absolute atomic E-state index is 0.282. The highest BCUT2D eigenvalue weighted by molar-refractivity contribution is 7.48. The topological polar surface area (TPSA) is 55.8 Å². The molecule has 1 N–H and O–H groups in total. The molecule has 0 aliphatic carbocycles. The number of unbranched alkanes of at least 4 members (excludes halogenated alkanes) is 5. The van der Waals surface area contributed by atoms with E-state index in [0.29, 0.717) is 5.92 Å². The lowest BCUT2D eigenvalue weighted by molar-refractivity contribution is 0.291. The predicted octanol–water partition coefficient (Wildman–Crippen LogP) is 8.77. The summed E-state index contributed by atoms with van der Waals surface area (Å²) in [5.74, 6) is 1.12. The molecule has 3 aromatic rings. The van der Waals surface area contributed by atoms with E-state index in [4.69, 9.17) is 9.05 Å². The molecule has 0 saturated heterocycles. The van der Waals surface area contributed by atoms with Crippen LogP contribution in [0.5, 0.6) is 11.5 Å². The molecule has 0 aliphatic heterocycles. The molecular formula is C28H35O4P. The van der Waals surface area contributed by atoms with Gasteiger partial charge >= 0.3 is 7.82 Å². The van der Waals surface area contributed by atoms with Gasteiger partial charge in [-0.15, -0.1) is 0 Å². The maximum absolute atomic E-state index is 12.3. The van der Waals surface area contributed by atoms with Crippen LogP contribution >= 0.6 is 7.82 Å². The van der Waals surface area contributed by atoms with Gasteiger partial charge < -0.3 is 9.05 Å². The molecule has 0 aliphatic rings. The lowest BCUT2D eigenvalue weighted by atomic mass is 9.93. The van der Waals surface area contributed by atoms with E-state index < -0.39 is 7.82 Å². The van der Waals surface area contributed by atoms with Crippen molar-refractivity contribution in [1.82, 2.24) is 0 Å². The van der Waals surface area contributed by atoms with Crippen molar-refractivity contribution in [2.24, 2.45) is 0 Å². The highest BCUT2D eigenvalue weighted by Gasteiger charge is 2.24. The average molecular weight is 467 g/mol. The first-order valence-corrected chi connectivity index (χ1v) is 13.4. The van der Waals surface area contributed by atoms with E-state index in [0.717, 1.165) is 11.1 Å². The van der Waals surface area contributed by atoms with Crippen LogP contribution in [-0.4, -0.2) is 4.89 Å². The summed E-state index contributed by atoms with van der Waals surface area (Å²) in [6.07, 6.45) is 9.20. The third-order valence-corrected chi connectivity index (χ3v) is 6.73. The van der Waals surface area contributed by atoms with Crippen molar-refractivity contribution in [2.75, 3.05) is 0 Å². The maximum atomic E-state index is 12.3. The van der Waals surface area contributed by atoms with Crippen LogP contribution in [0.15, 0.2) is 78.9 Å². The van der Waals surface area contributed by atoms with E-state index in [1.807, 2.05) is 12.1 Å². The van der Waals surface area contributed by atoms with Crippen LogP contribution < -0.4 is 9.05 Å². The third kappa shape index (κ3) is 8.38. The molecule has 0 fully saturated rings. The fourth-order valence-electron chi connectivity index (χ4n) is 3.88. The summed E-state index contributed by atoms with van der Waals surface area (Å²) in [4.78, 5) is 10.0. The van der Waals surface area contributed by atoms with Gasteiger partial charge in [0, 0.05) is 0 Å². The summed E-state index contributed by atoms with van der Waals surface area (Å²) in [6, 6.07) is 24.3. The lowest BCUT2D eigenvalue weighted by Gasteiger charge is -2.14. The first-order valence-electron chi connectivity index (χ1n) is 11.9. The van der Waals surface area contributed by atoms with E-state index in [1.54, 1.807) is 42.5 Å². The van der Waals surface area contributed by atoms with Crippen molar-refractivity contribution in [3.05, 3.63) is 84.4 Å². The number of hydrogen-bond acceptors (Lipinski definition) is 3. The quantitative estimate of drug-likeness (QED) is 0.202. The van der Waals surface area contributed by atoms with Crippen molar-refractivity contribution >= 4 is 7.82 Å². The van der Waals surface area contributed by atoms with Gasteiger partial charge in [-0.1, -0.05) is 107 Å². The Labute approximate surface area is 198 Å². The van der Waals surface area contributed by atoms with E-state index >= 15 is 0 Å². The van der Waals surface area contributed by atoms with Crippen LogP contribution in [0, 0.1) is 0 Å². The molecule has 0 radical (unpaired) electrons. The highest BCUT2D eigenvalue weighted by atomic mass is 31.2. The summed E-state index contributed by atoms with van der Waals surface area (Å²) in [5, 5.41) is 0. The van der Waals surface area contributed by atoms with Gasteiger partial charge in [0.1, 0.15) is 11.5 Å². The zero-order chi connectivity index (χ0) is 23.5. The number of hydrogen-bond donors (Lipinski definition) is 1. The molecule has 3 aromatic carbocycles. The van der Waals surface area contributed by atoms with Gasteiger partial charge in [-0.05, 0) is 53.3 Å². The van der Waals surface area contributed by atoms with Crippen molar-refractivity contribution in [3.63, 3.8) is 0 Å². The van der Waals surface area contributed by atoms with E-state index in [1.165, 1.54) is 50.5 Å². The molecule has 2 unspecified atom stereocenters. The van der Waals surface area contributed by atoms with Crippen LogP contribution in [0.1, 0.15) is 70.3 Å². The number of benzene rings is 3. The standard InChI is InChI=1S/C28H35O4P/c1-3-4-5-6-7-9-12-23(2)24-15-17-25(18-16-24)26-19-21-28(22-20-26)32-33(29,30)31-27-13-10-8-11-14-27/h8,10-11,13-23H,3-7,9,12H2,1-2H3,(H,29,30). The smallest absolute Gasteiger partial charge is 0.395 e. The Morgan fingerprint density at radius 2 is 1.24 bits per heavy atom. The zero-order valence-corrected chi connectivity index (χ0v) is 20.5. The Kier molecular flexibility index (Phi) is 9.60. The molecule has 0 saturated carbocycles. The molecule has 176 valence electrons. The summed E-state index contributed by atoms with van der Waals surface area (Å²) in [5.41, 5.74) is 3.49. The van der Waals surface area contributed by atoms with E-state index in [9.17, 15) is 9.46 Å². The van der Waals surface area contributed by atoms with Gasteiger partial charge in [0.05, 0.1) is 0 Å². The zero-order valence-electron chi connectivity index (χ0n) is 19.7. The highest BCUT2D eigenvalue weighted by Crippen LogP contribution is 2.44. The first-order chi connectivity index (χ1) is 16.0. The monoisotopic (exact) mass is 466 g/mol. The molecule has 0 spiro atoms. The maximum Gasteiger partial charge on any atom is 0.584 e. The van der Waals surface area contributed by atoms with Crippen LogP contribution in [-0.2, 0) is 4.57 Å². The Hall–Kier alpha value is -2.55. The van der Waals surface area contributed by atoms with Crippen LogP contribution in [0.2, 0.25) is 0 Å². The normalized spacial score (nSPS) is 13.8. The number of phosphoric ester groups is 1. The van der Waals surface area contributed by atoms with Gasteiger partial charge in [-0.25, -0.2) is 4.57 Å². The summed E-state index contributed by atoms with van der Waals surface area (Å²) < 4.78 is 22.6. The van der Waals surface area contributed by atoms with Crippen molar-refractivity contribution in [2.45, 2.75) is 64.7 Å². The molecule has 5 heteroatoms. The molecule has 0 aromatic heterocycles. The second-order valence-electron chi connectivity index (χ2n) is 8.57. The lowest BCUT2D eigenvalue weighted by Crippen LogP contribution is -1.99. The SMILES string of the molecule is CCCCCCCCC(C)c1ccc(-c2ccc(OP(=O)(O)Oc3ccccc3)cc2)cc1. The molecule has 0 heterocycles. The van der Waals surface area contributed by atoms with Crippen molar-refractivity contribution in [1.29, 1.82) is 0 Å². The van der Waals surface area contributed by atoms with Crippen LogP contribution in [0.4, 0.5) is 0 Å². The molecule has 0 amide bonds. The first kappa shape index (κ1) is 25.1. The summed E-state index contributed by atoms with van der Waals surface area (Å²) >= 11 is 0. The third-order valence-electron chi connectivity index (χ3n) is 5.84. The van der Waals surface area contributed by atoms with E-state index in [-0.39, 0.29) is 11.5 Å². The molecule has 2 atom stereocenters. The molecular weight excluding hydrogens is 431 g/mol. The number of para-hydroxylation sites is 1. The van der Waals surface area contributed by atoms with Gasteiger partial charge in [0.25, 0.3) is 0 Å². The molecule has 3 rings (SSSR count). The number of rotatable bonds is 13. The fourth-order valence-corrected chi connectivity index (χ4v) is 4.69. The summed E-state index contributed by atoms with van der Waals surface area (Å²) in [6.45, 7) is 4.56. The Morgan fingerprint density at radius 1 is 0.727 bits per heavy atom. The Balaban J connectivity index is 1.52. The minimum Gasteiger partial charge on any atom is -0.395 e. The second kappa shape index (κ2) is 12.6. The second-order valence-corrected chi connectivity index (χ2v) is 9.87. The van der Waals surface area contributed by atoms with Crippen LogP contribution in [0.3, 0.4) is 0 Å². The Bertz CT molecular complexity index is 1000. The fraction of sp³-hybridized carbons (Fsp3) is 0.357. The van der Waals surface area contributed by atoms with Crippen molar-refractivity contribution < 1.29 is 18.5 Å². The Morgan fingerprint density at radius 3 is 1.85 bits per heavy atom. The molecule has 33 heavy (non-hydrogen) atoms. The number of phosphoric acid groups is 1. The predicted molar refractivity (Wildman–Crippen MR) is 136 cm³/mol. The molecule has 0 bridgehead atoms. The van der Waals surface area contributed by atoms with Crippen molar-refractivity contribution in [3.8, 4) is 22.6 Å². The van der Waals surface area contributed by atoms with Gasteiger partial charge in [-0.3, -0.25) is 4.89 Å². The van der Waals surface area contributed by atoms with Gasteiger partial charge in [-0.2, -0.15) is 0 Å². The van der Waals surface area contributed by atoms with Gasteiger partial charge in [0.15, 0.2) is 0 Å². The average Bonchev–Trinajstić information content (AvgIpc) is 2.82. The molecule has 4 nitrogen and oxygen atoms in total. The van der Waals surface area contributed by atoms with Crippen LogP contribution in [0.25, 0.3) is 11.1 Å².